The summed E-state index contributed by atoms with van der Waals surface area (Å²) in [5.41, 5.74) is 0. The number of rotatable bonds is 5. The minimum atomic E-state index is -4.60. The van der Waals surface area contributed by atoms with E-state index >= 15 is 0 Å². The molecule has 6 nitrogen and oxygen atoms in total. The minimum Gasteiger partial charge on any atom is -0.347 e. The van der Waals surface area contributed by atoms with Crippen LogP contribution < -0.4 is 0 Å². The van der Waals surface area contributed by atoms with Crippen molar-refractivity contribution in [3.05, 3.63) is 10.8 Å². The zero-order valence-corrected chi connectivity index (χ0v) is 11.0. The maximum absolute atomic E-state index is 12.6. The van der Waals surface area contributed by atoms with Gasteiger partial charge in [-0.2, -0.15) is 22.8 Å². The standard InChI is InChI=1S/C9H11F3N4O2S/c1-3-17-6(18-4-2)5-15-16-7(9(10,11)12)13-14-8(16)19-5/h6H,3-4H2,1-2H3. The van der Waals surface area contributed by atoms with Crippen LogP contribution in [-0.4, -0.2) is 33.0 Å². The van der Waals surface area contributed by atoms with Crippen molar-refractivity contribution in [2.75, 3.05) is 13.2 Å². The van der Waals surface area contributed by atoms with E-state index in [2.05, 4.69) is 15.3 Å². The van der Waals surface area contributed by atoms with Crippen molar-refractivity contribution in [1.29, 1.82) is 0 Å². The Hall–Kier alpha value is -1.26. The maximum atomic E-state index is 12.6. The molecule has 0 aliphatic carbocycles. The van der Waals surface area contributed by atoms with Gasteiger partial charge in [-0.15, -0.1) is 10.2 Å². The molecule has 0 bridgehead atoms. The second-order valence-corrected chi connectivity index (χ2v) is 4.39. The molecule has 0 aliphatic heterocycles. The van der Waals surface area contributed by atoms with Crippen LogP contribution in [-0.2, 0) is 15.7 Å². The van der Waals surface area contributed by atoms with Crippen molar-refractivity contribution in [2.24, 2.45) is 0 Å². The van der Waals surface area contributed by atoms with Gasteiger partial charge in [0.15, 0.2) is 5.01 Å². The van der Waals surface area contributed by atoms with Crippen LogP contribution in [0.1, 0.15) is 31.0 Å². The van der Waals surface area contributed by atoms with E-state index in [4.69, 9.17) is 9.47 Å². The van der Waals surface area contributed by atoms with Gasteiger partial charge in [-0.05, 0) is 13.8 Å². The zero-order valence-electron chi connectivity index (χ0n) is 10.1. The Morgan fingerprint density at radius 3 is 2.37 bits per heavy atom. The van der Waals surface area contributed by atoms with Gasteiger partial charge in [0.1, 0.15) is 0 Å². The summed E-state index contributed by atoms with van der Waals surface area (Å²) in [5, 5.41) is 10.6. The molecule has 0 saturated carbocycles. The first kappa shape index (κ1) is 14.2. The molecule has 10 heteroatoms. The first-order chi connectivity index (χ1) is 8.97. The molecular formula is C9H11F3N4O2S. The number of alkyl halides is 3. The summed E-state index contributed by atoms with van der Waals surface area (Å²) in [6.45, 7) is 4.23. The Morgan fingerprint density at radius 1 is 1.21 bits per heavy atom. The highest BCUT2D eigenvalue weighted by molar-refractivity contribution is 7.16. The fourth-order valence-corrected chi connectivity index (χ4v) is 2.23. The van der Waals surface area contributed by atoms with Gasteiger partial charge in [0.05, 0.1) is 0 Å². The third-order valence-corrected chi connectivity index (χ3v) is 3.02. The van der Waals surface area contributed by atoms with Crippen LogP contribution in [0.15, 0.2) is 0 Å². The summed E-state index contributed by atoms with van der Waals surface area (Å²) in [6.07, 6.45) is -5.39. The molecule has 19 heavy (non-hydrogen) atoms. The van der Waals surface area contributed by atoms with Crippen molar-refractivity contribution in [3.63, 3.8) is 0 Å². The SMILES string of the molecule is CCOC(OCC)c1nn2c(C(F)(F)F)nnc2s1. The molecule has 0 aliphatic rings. The van der Waals surface area contributed by atoms with Gasteiger partial charge in [-0.1, -0.05) is 11.3 Å². The van der Waals surface area contributed by atoms with Crippen molar-refractivity contribution >= 4 is 16.3 Å². The van der Waals surface area contributed by atoms with Gasteiger partial charge in [0, 0.05) is 13.2 Å². The second kappa shape index (κ2) is 5.39. The lowest BCUT2D eigenvalue weighted by atomic mass is 10.6. The Bertz CT molecular complexity index is 547. The van der Waals surface area contributed by atoms with Crippen molar-refractivity contribution < 1.29 is 22.6 Å². The Kier molecular flexibility index (Phi) is 4.02. The normalized spacial score (nSPS) is 12.7. The van der Waals surface area contributed by atoms with E-state index in [1.165, 1.54) is 0 Å². The maximum Gasteiger partial charge on any atom is 0.453 e. The fraction of sp³-hybridized carbons (Fsp3) is 0.667. The molecule has 0 atom stereocenters. The van der Waals surface area contributed by atoms with E-state index in [1.807, 2.05) is 0 Å². The van der Waals surface area contributed by atoms with E-state index in [-0.39, 0.29) is 9.97 Å². The lowest BCUT2D eigenvalue weighted by Gasteiger charge is -2.13. The van der Waals surface area contributed by atoms with Crippen LogP contribution in [0.3, 0.4) is 0 Å². The average molecular weight is 296 g/mol. The number of halogens is 3. The first-order valence-electron chi connectivity index (χ1n) is 5.49. The second-order valence-electron chi connectivity index (χ2n) is 3.40. The molecule has 2 rings (SSSR count). The molecular weight excluding hydrogens is 285 g/mol. The highest BCUT2D eigenvalue weighted by Gasteiger charge is 2.38. The van der Waals surface area contributed by atoms with Crippen LogP contribution in [0.2, 0.25) is 0 Å². The molecule has 0 saturated heterocycles. The smallest absolute Gasteiger partial charge is 0.347 e. The topological polar surface area (TPSA) is 61.5 Å². The molecule has 0 unspecified atom stereocenters. The molecule has 0 radical (unpaired) electrons. The Morgan fingerprint density at radius 2 is 1.84 bits per heavy atom. The van der Waals surface area contributed by atoms with Crippen LogP contribution >= 0.6 is 11.3 Å². The third kappa shape index (κ3) is 2.85. The molecule has 0 amide bonds. The minimum absolute atomic E-state index is 0.0479. The van der Waals surface area contributed by atoms with Gasteiger partial charge in [0.2, 0.25) is 11.3 Å². The number of hydrogen-bond donors (Lipinski definition) is 0. The quantitative estimate of drug-likeness (QED) is 0.792. The number of aromatic nitrogens is 4. The summed E-state index contributed by atoms with van der Waals surface area (Å²) in [5.74, 6) is -1.16. The highest BCUT2D eigenvalue weighted by Crippen LogP contribution is 2.31. The molecule has 2 heterocycles. The predicted octanol–water partition coefficient (Wildman–Crippen LogP) is 2.28. The van der Waals surface area contributed by atoms with E-state index in [1.54, 1.807) is 13.8 Å². The zero-order chi connectivity index (χ0) is 14.0. The van der Waals surface area contributed by atoms with Gasteiger partial charge in [0.25, 0.3) is 5.82 Å². The lowest BCUT2D eigenvalue weighted by molar-refractivity contribution is -0.148. The van der Waals surface area contributed by atoms with Crippen LogP contribution in [0, 0.1) is 0 Å². The van der Waals surface area contributed by atoms with Gasteiger partial charge in [-0.25, -0.2) is 0 Å². The molecule has 2 aromatic rings. The summed E-state index contributed by atoms with van der Waals surface area (Å²) in [7, 11) is 0. The predicted molar refractivity (Wildman–Crippen MR) is 59.7 cm³/mol. The average Bonchev–Trinajstić information content (AvgIpc) is 2.85. The number of nitrogens with zero attached hydrogens (tertiary/aromatic N) is 4. The van der Waals surface area contributed by atoms with Crippen LogP contribution in [0.5, 0.6) is 0 Å². The molecule has 2 aromatic heterocycles. The Labute approximate surface area is 110 Å². The van der Waals surface area contributed by atoms with Crippen LogP contribution in [0.4, 0.5) is 13.2 Å². The number of ether oxygens (including phenoxy) is 2. The van der Waals surface area contributed by atoms with Crippen molar-refractivity contribution in [1.82, 2.24) is 19.8 Å². The fourth-order valence-electron chi connectivity index (χ4n) is 1.40. The molecule has 0 aromatic carbocycles. The van der Waals surface area contributed by atoms with E-state index < -0.39 is 18.3 Å². The van der Waals surface area contributed by atoms with E-state index in [9.17, 15) is 13.2 Å². The summed E-state index contributed by atoms with van der Waals surface area (Å²) in [6, 6.07) is 0. The molecule has 0 spiro atoms. The monoisotopic (exact) mass is 296 g/mol. The van der Waals surface area contributed by atoms with E-state index in [0.717, 1.165) is 11.3 Å². The summed E-state index contributed by atoms with van der Waals surface area (Å²) in [4.78, 5) is 0.0479. The van der Waals surface area contributed by atoms with E-state index in [0.29, 0.717) is 17.7 Å². The number of hydrogen-bond acceptors (Lipinski definition) is 6. The first-order valence-corrected chi connectivity index (χ1v) is 6.31. The van der Waals surface area contributed by atoms with Gasteiger partial charge >= 0.3 is 6.18 Å². The molecule has 106 valence electrons. The largest absolute Gasteiger partial charge is 0.453 e. The van der Waals surface area contributed by atoms with Crippen LogP contribution in [0.25, 0.3) is 4.96 Å². The Balaban J connectivity index is 2.38. The number of fused-ring (bicyclic) bond motifs is 1. The molecule has 0 N–H and O–H groups in total. The highest BCUT2D eigenvalue weighted by atomic mass is 32.1. The van der Waals surface area contributed by atoms with Crippen molar-refractivity contribution in [3.8, 4) is 0 Å². The third-order valence-electron chi connectivity index (χ3n) is 2.10. The lowest BCUT2D eigenvalue weighted by Crippen LogP contribution is -2.13. The molecule has 0 fully saturated rings. The van der Waals surface area contributed by atoms with Gasteiger partial charge < -0.3 is 9.47 Å². The van der Waals surface area contributed by atoms with Crippen molar-refractivity contribution in [2.45, 2.75) is 26.3 Å². The summed E-state index contributed by atoms with van der Waals surface area (Å²) >= 11 is 0.950. The summed E-state index contributed by atoms with van der Waals surface area (Å²) < 4.78 is 49.1. The van der Waals surface area contributed by atoms with Gasteiger partial charge in [-0.3, -0.25) is 0 Å².